The topological polar surface area (TPSA) is 65.5 Å². The number of hydrogen-bond donors (Lipinski definition) is 1. The van der Waals surface area contributed by atoms with Crippen LogP contribution < -0.4 is 5.32 Å². The van der Waals surface area contributed by atoms with Crippen molar-refractivity contribution in [3.63, 3.8) is 0 Å². The first-order valence-corrected chi connectivity index (χ1v) is 8.70. The molecule has 2 fully saturated rings. The number of carbonyl (C=O) groups excluding carboxylic acids is 2. The minimum atomic E-state index is -0.00540. The molecule has 2 aliphatic heterocycles. The number of hydrogen-bond acceptors (Lipinski definition) is 5. The SMILES string of the molecule is CC1CNC(=O)CCN1C(=O)c1cnc(CN2CCCC2)s1. The van der Waals surface area contributed by atoms with Gasteiger partial charge in [0, 0.05) is 25.6 Å². The van der Waals surface area contributed by atoms with Gasteiger partial charge in [0.1, 0.15) is 9.88 Å². The zero-order valence-electron chi connectivity index (χ0n) is 12.9. The summed E-state index contributed by atoms with van der Waals surface area (Å²) in [4.78, 5) is 33.4. The molecule has 7 heteroatoms. The third-order valence-electron chi connectivity index (χ3n) is 4.29. The Kier molecular flexibility index (Phi) is 4.73. The van der Waals surface area contributed by atoms with E-state index in [4.69, 9.17) is 0 Å². The molecule has 0 saturated carbocycles. The summed E-state index contributed by atoms with van der Waals surface area (Å²) in [6.07, 6.45) is 4.56. The van der Waals surface area contributed by atoms with Crippen LogP contribution in [0.15, 0.2) is 6.20 Å². The lowest BCUT2D eigenvalue weighted by Gasteiger charge is -2.25. The first-order valence-electron chi connectivity index (χ1n) is 7.88. The van der Waals surface area contributed by atoms with Gasteiger partial charge in [0.25, 0.3) is 5.91 Å². The third kappa shape index (κ3) is 3.47. The zero-order chi connectivity index (χ0) is 15.5. The molecule has 2 saturated heterocycles. The quantitative estimate of drug-likeness (QED) is 0.905. The molecule has 0 spiro atoms. The molecule has 120 valence electrons. The number of nitrogens with one attached hydrogen (secondary N) is 1. The van der Waals surface area contributed by atoms with Crippen molar-refractivity contribution in [1.82, 2.24) is 20.1 Å². The summed E-state index contributed by atoms with van der Waals surface area (Å²) in [7, 11) is 0. The van der Waals surface area contributed by atoms with E-state index >= 15 is 0 Å². The Morgan fingerprint density at radius 2 is 2.18 bits per heavy atom. The highest BCUT2D eigenvalue weighted by Crippen LogP contribution is 2.20. The van der Waals surface area contributed by atoms with Crippen LogP contribution in [0.2, 0.25) is 0 Å². The largest absolute Gasteiger partial charge is 0.354 e. The number of aromatic nitrogens is 1. The number of nitrogens with zero attached hydrogens (tertiary/aromatic N) is 3. The normalized spacial score (nSPS) is 23.4. The Morgan fingerprint density at radius 1 is 1.41 bits per heavy atom. The van der Waals surface area contributed by atoms with E-state index in [2.05, 4.69) is 15.2 Å². The Balaban J connectivity index is 1.66. The fraction of sp³-hybridized carbons (Fsp3) is 0.667. The van der Waals surface area contributed by atoms with Gasteiger partial charge in [-0.1, -0.05) is 0 Å². The monoisotopic (exact) mass is 322 g/mol. The Hall–Kier alpha value is -1.47. The lowest BCUT2D eigenvalue weighted by atomic mass is 10.2. The lowest BCUT2D eigenvalue weighted by Crippen LogP contribution is -2.41. The number of thiazole rings is 1. The average Bonchev–Trinajstić information content (AvgIpc) is 3.14. The molecule has 0 aromatic carbocycles. The summed E-state index contributed by atoms with van der Waals surface area (Å²) in [6.45, 7) is 6.05. The molecule has 2 amide bonds. The van der Waals surface area contributed by atoms with E-state index in [0.29, 0.717) is 24.4 Å². The molecule has 1 aromatic heterocycles. The van der Waals surface area contributed by atoms with E-state index in [0.717, 1.165) is 24.6 Å². The second kappa shape index (κ2) is 6.75. The first-order chi connectivity index (χ1) is 10.6. The molecular weight excluding hydrogens is 300 g/mol. The summed E-state index contributed by atoms with van der Waals surface area (Å²) in [6, 6.07) is 0.0167. The van der Waals surface area contributed by atoms with E-state index < -0.39 is 0 Å². The summed E-state index contributed by atoms with van der Waals surface area (Å²) >= 11 is 1.48. The van der Waals surface area contributed by atoms with Crippen LogP contribution >= 0.6 is 11.3 Å². The van der Waals surface area contributed by atoms with Crippen molar-refractivity contribution < 1.29 is 9.59 Å². The summed E-state index contributed by atoms with van der Waals surface area (Å²) in [5, 5.41) is 3.83. The van der Waals surface area contributed by atoms with Crippen LogP contribution in [-0.2, 0) is 11.3 Å². The van der Waals surface area contributed by atoms with Crippen molar-refractivity contribution in [3.05, 3.63) is 16.1 Å². The van der Waals surface area contributed by atoms with Crippen molar-refractivity contribution in [3.8, 4) is 0 Å². The minimum Gasteiger partial charge on any atom is -0.354 e. The molecular formula is C15H22N4O2S. The third-order valence-corrected chi connectivity index (χ3v) is 5.26. The van der Waals surface area contributed by atoms with Gasteiger partial charge in [0.15, 0.2) is 0 Å². The molecule has 1 N–H and O–H groups in total. The van der Waals surface area contributed by atoms with Crippen LogP contribution in [-0.4, -0.2) is 58.8 Å². The molecule has 3 rings (SSSR count). The number of rotatable bonds is 3. The Bertz CT molecular complexity index is 553. The van der Waals surface area contributed by atoms with Gasteiger partial charge in [-0.15, -0.1) is 11.3 Å². The van der Waals surface area contributed by atoms with E-state index in [1.165, 1.54) is 24.2 Å². The fourth-order valence-electron chi connectivity index (χ4n) is 2.96. The van der Waals surface area contributed by atoms with Gasteiger partial charge in [0.05, 0.1) is 12.7 Å². The maximum absolute atomic E-state index is 12.7. The van der Waals surface area contributed by atoms with Crippen molar-refractivity contribution in [2.45, 2.75) is 38.8 Å². The molecule has 1 unspecified atom stereocenters. The molecule has 1 aromatic rings. The molecule has 6 nitrogen and oxygen atoms in total. The zero-order valence-corrected chi connectivity index (χ0v) is 13.7. The summed E-state index contributed by atoms with van der Waals surface area (Å²) in [5.41, 5.74) is 0. The van der Waals surface area contributed by atoms with Crippen LogP contribution in [0, 0.1) is 0 Å². The maximum Gasteiger partial charge on any atom is 0.265 e. The number of amides is 2. The highest BCUT2D eigenvalue weighted by Gasteiger charge is 2.27. The van der Waals surface area contributed by atoms with Crippen molar-refractivity contribution in [1.29, 1.82) is 0 Å². The van der Waals surface area contributed by atoms with Gasteiger partial charge in [-0.05, 0) is 32.9 Å². The van der Waals surface area contributed by atoms with Gasteiger partial charge in [0.2, 0.25) is 5.91 Å². The minimum absolute atomic E-state index is 0.00540. The fourth-order valence-corrected chi connectivity index (χ4v) is 3.88. The summed E-state index contributed by atoms with van der Waals surface area (Å²) in [5.74, 6) is 0.00958. The maximum atomic E-state index is 12.7. The van der Waals surface area contributed by atoms with Crippen molar-refractivity contribution in [2.24, 2.45) is 0 Å². The molecule has 0 aliphatic carbocycles. The smallest absolute Gasteiger partial charge is 0.265 e. The second-order valence-corrected chi connectivity index (χ2v) is 7.12. The van der Waals surface area contributed by atoms with Crippen LogP contribution in [0.3, 0.4) is 0 Å². The Morgan fingerprint density at radius 3 is 2.95 bits per heavy atom. The molecule has 22 heavy (non-hydrogen) atoms. The highest BCUT2D eigenvalue weighted by molar-refractivity contribution is 7.13. The van der Waals surface area contributed by atoms with Gasteiger partial charge < -0.3 is 10.2 Å². The van der Waals surface area contributed by atoms with Gasteiger partial charge in [-0.3, -0.25) is 14.5 Å². The average molecular weight is 322 g/mol. The van der Waals surface area contributed by atoms with Crippen LogP contribution in [0.4, 0.5) is 0 Å². The van der Waals surface area contributed by atoms with Crippen LogP contribution in [0.5, 0.6) is 0 Å². The lowest BCUT2D eigenvalue weighted by molar-refractivity contribution is -0.120. The van der Waals surface area contributed by atoms with Gasteiger partial charge in [-0.2, -0.15) is 0 Å². The number of likely N-dealkylation sites (tertiary alicyclic amines) is 1. The molecule has 3 heterocycles. The number of carbonyl (C=O) groups is 2. The van der Waals surface area contributed by atoms with E-state index in [-0.39, 0.29) is 17.9 Å². The van der Waals surface area contributed by atoms with Crippen LogP contribution in [0.25, 0.3) is 0 Å². The van der Waals surface area contributed by atoms with Gasteiger partial charge in [-0.25, -0.2) is 4.98 Å². The summed E-state index contributed by atoms with van der Waals surface area (Å²) < 4.78 is 0. The van der Waals surface area contributed by atoms with Crippen molar-refractivity contribution in [2.75, 3.05) is 26.2 Å². The molecule has 2 aliphatic rings. The van der Waals surface area contributed by atoms with Crippen LogP contribution in [0.1, 0.15) is 40.9 Å². The molecule has 0 radical (unpaired) electrons. The van der Waals surface area contributed by atoms with Gasteiger partial charge >= 0.3 is 0 Å². The molecule has 0 bridgehead atoms. The predicted octanol–water partition coefficient (Wildman–Crippen LogP) is 1.09. The Labute approximate surface area is 134 Å². The predicted molar refractivity (Wildman–Crippen MR) is 84.8 cm³/mol. The van der Waals surface area contributed by atoms with E-state index in [1.807, 2.05) is 6.92 Å². The second-order valence-electron chi connectivity index (χ2n) is 6.00. The van der Waals surface area contributed by atoms with E-state index in [1.54, 1.807) is 11.1 Å². The van der Waals surface area contributed by atoms with Crippen molar-refractivity contribution >= 4 is 23.2 Å². The highest BCUT2D eigenvalue weighted by atomic mass is 32.1. The standard InChI is InChI=1S/C15H22N4O2S/c1-11-8-16-13(20)4-7-19(11)15(21)12-9-17-14(22-12)10-18-5-2-3-6-18/h9,11H,2-8,10H2,1H3,(H,16,20). The van der Waals surface area contributed by atoms with E-state index in [9.17, 15) is 9.59 Å². The first kappa shape index (κ1) is 15.4. The molecule has 1 atom stereocenters.